The molecular weight excluding hydrogens is 514 g/mol. The number of nitrogen functional groups attached to an aromatic ring is 2. The largest absolute Gasteiger partial charge is 0.397 e. The highest BCUT2D eigenvalue weighted by molar-refractivity contribution is 6.20. The zero-order valence-electron chi connectivity index (χ0n) is 24.6. The average molecular weight is 560 g/mol. The van der Waals surface area contributed by atoms with Crippen LogP contribution in [0, 0.1) is 0 Å². The van der Waals surface area contributed by atoms with Gasteiger partial charge >= 0.3 is 0 Å². The van der Waals surface area contributed by atoms with Crippen LogP contribution in [0.1, 0.15) is 110 Å². The zero-order chi connectivity index (χ0) is 29.4. The molecule has 0 bridgehead atoms. The molecule has 0 aliphatic carbocycles. The Hall–Kier alpha value is -3.48. The van der Waals surface area contributed by atoms with Gasteiger partial charge in [-0.2, -0.15) is 0 Å². The summed E-state index contributed by atoms with van der Waals surface area (Å²) in [7, 11) is 0. The number of nitrogens with zero attached hydrogens (tertiary/aromatic N) is 1. The summed E-state index contributed by atoms with van der Waals surface area (Å²) in [5, 5.41) is 0.188. The Morgan fingerprint density at radius 1 is 0.512 bits per heavy atom. The van der Waals surface area contributed by atoms with E-state index in [9.17, 15) is 19.2 Å². The topological polar surface area (TPSA) is 125 Å². The fourth-order valence-corrected chi connectivity index (χ4v) is 6.24. The molecule has 4 aromatic rings. The monoisotopic (exact) mass is 559 g/mol. The Balaban J connectivity index is 1.30. The van der Waals surface area contributed by atoms with Crippen molar-refractivity contribution < 1.29 is 0 Å². The van der Waals surface area contributed by atoms with E-state index in [4.69, 9.17) is 11.5 Å². The lowest BCUT2D eigenvalue weighted by molar-refractivity contribution is 0.518. The van der Waals surface area contributed by atoms with Crippen molar-refractivity contribution in [2.75, 3.05) is 11.5 Å². The van der Waals surface area contributed by atoms with Crippen molar-refractivity contribution in [2.24, 2.45) is 0 Å². The molecule has 0 aliphatic heterocycles. The summed E-state index contributed by atoms with van der Waals surface area (Å²) >= 11 is 0. The first kappa shape index (κ1) is 30.5. The van der Waals surface area contributed by atoms with Gasteiger partial charge < -0.3 is 11.5 Å². The second kappa shape index (κ2) is 14.4. The Kier molecular flexibility index (Phi) is 10.7. The maximum absolute atomic E-state index is 13.3. The van der Waals surface area contributed by atoms with E-state index < -0.39 is 22.0 Å². The van der Waals surface area contributed by atoms with Crippen LogP contribution in [0.25, 0.3) is 32.3 Å². The third kappa shape index (κ3) is 6.55. The molecule has 4 N–H and O–H groups in total. The standard InChI is InChI=1S/C34H45N3O4/c1-2-3-4-5-6-7-8-9-10-11-12-13-14-15-16-19-22-37-33(40)27-28(34(37)41)30(36)26-25(29(27)35)31(38)23-20-17-18-21-24(23)32(26)39/h17-18,20-21H,2-16,19,22,35-36H2,1H3. The number of unbranched alkanes of at least 4 members (excludes halogenated alkanes) is 15. The van der Waals surface area contributed by atoms with Crippen molar-refractivity contribution in [3.8, 4) is 0 Å². The van der Waals surface area contributed by atoms with Crippen LogP contribution in [0.5, 0.6) is 0 Å². The minimum Gasteiger partial charge on any atom is -0.397 e. The molecule has 0 radical (unpaired) electrons. The maximum atomic E-state index is 13.3. The van der Waals surface area contributed by atoms with Gasteiger partial charge in [0.2, 0.25) is 0 Å². The van der Waals surface area contributed by atoms with Crippen molar-refractivity contribution >= 4 is 43.7 Å². The minimum absolute atomic E-state index is 0.0525. The van der Waals surface area contributed by atoms with Crippen LogP contribution >= 0.6 is 0 Å². The summed E-state index contributed by atoms with van der Waals surface area (Å²) in [6.45, 7) is 2.52. The van der Waals surface area contributed by atoms with E-state index in [0.717, 1.165) is 23.8 Å². The quantitative estimate of drug-likeness (QED) is 0.0642. The van der Waals surface area contributed by atoms with E-state index in [2.05, 4.69) is 6.92 Å². The smallest absolute Gasteiger partial charge is 0.263 e. The number of fused-ring (bicyclic) bond motifs is 3. The van der Waals surface area contributed by atoms with Gasteiger partial charge in [-0.1, -0.05) is 128 Å². The number of anilines is 2. The van der Waals surface area contributed by atoms with Crippen LogP contribution in [0.4, 0.5) is 11.4 Å². The van der Waals surface area contributed by atoms with Gasteiger partial charge in [-0.15, -0.1) is 0 Å². The van der Waals surface area contributed by atoms with Gasteiger partial charge in [0.15, 0.2) is 10.9 Å². The molecule has 4 rings (SSSR count). The number of hydrogen-bond acceptors (Lipinski definition) is 6. The van der Waals surface area contributed by atoms with E-state index in [1.54, 1.807) is 24.3 Å². The number of benzene rings is 3. The summed E-state index contributed by atoms with van der Waals surface area (Å²) in [6.07, 6.45) is 19.9. The first-order chi connectivity index (χ1) is 19.9. The number of aromatic nitrogens is 1. The van der Waals surface area contributed by atoms with Crippen LogP contribution in [-0.2, 0) is 6.54 Å². The third-order valence-electron chi connectivity index (χ3n) is 8.60. The summed E-state index contributed by atoms with van der Waals surface area (Å²) < 4.78 is 1.16. The van der Waals surface area contributed by atoms with Crippen LogP contribution in [0.15, 0.2) is 43.4 Å². The summed E-state index contributed by atoms with van der Waals surface area (Å²) in [6, 6.07) is 6.43. The van der Waals surface area contributed by atoms with E-state index in [1.807, 2.05) is 0 Å². The maximum Gasteiger partial charge on any atom is 0.263 e. The summed E-state index contributed by atoms with van der Waals surface area (Å²) in [5.41, 5.74) is 10.3. The molecule has 1 aromatic heterocycles. The lowest BCUT2D eigenvalue weighted by Gasteiger charge is -2.07. The predicted octanol–water partition coefficient (Wildman–Crippen LogP) is 6.69. The Bertz CT molecular complexity index is 1590. The van der Waals surface area contributed by atoms with Crippen molar-refractivity contribution in [1.82, 2.24) is 4.57 Å². The SMILES string of the molecule is CCCCCCCCCCCCCCCCCCn1c(=O)c2c(N)c3c(=O)c4ccccc4c(=O)c3c(N)c2c1=O. The molecule has 7 nitrogen and oxygen atoms in total. The van der Waals surface area contributed by atoms with E-state index in [0.29, 0.717) is 6.42 Å². The molecule has 220 valence electrons. The van der Waals surface area contributed by atoms with Gasteiger partial charge in [-0.3, -0.25) is 23.7 Å². The Labute approximate surface area is 241 Å². The van der Waals surface area contributed by atoms with Gasteiger partial charge in [0, 0.05) is 17.3 Å². The van der Waals surface area contributed by atoms with Crippen molar-refractivity contribution in [3.05, 3.63) is 65.4 Å². The highest BCUT2D eigenvalue weighted by atomic mass is 16.2. The van der Waals surface area contributed by atoms with Gasteiger partial charge in [0.1, 0.15) is 0 Å². The van der Waals surface area contributed by atoms with Crippen molar-refractivity contribution in [2.45, 2.75) is 116 Å². The second-order valence-corrected chi connectivity index (χ2v) is 11.6. The molecule has 0 amide bonds. The molecule has 0 unspecified atom stereocenters. The molecule has 0 saturated carbocycles. The molecule has 3 aromatic carbocycles. The summed E-state index contributed by atoms with van der Waals surface area (Å²) in [4.78, 5) is 53.0. The highest BCUT2D eigenvalue weighted by Gasteiger charge is 2.25. The molecule has 0 saturated heterocycles. The molecule has 41 heavy (non-hydrogen) atoms. The number of hydrogen-bond donors (Lipinski definition) is 2. The Morgan fingerprint density at radius 2 is 0.854 bits per heavy atom. The summed E-state index contributed by atoms with van der Waals surface area (Å²) in [5.74, 6) is 0. The number of nitrogens with two attached hydrogens (primary N) is 2. The van der Waals surface area contributed by atoms with Gasteiger partial charge in [0.25, 0.3) is 11.1 Å². The minimum atomic E-state index is -0.544. The molecule has 0 fully saturated rings. The molecule has 0 spiro atoms. The van der Waals surface area contributed by atoms with Crippen LogP contribution in [-0.4, -0.2) is 4.57 Å². The van der Waals surface area contributed by atoms with Crippen molar-refractivity contribution in [1.29, 1.82) is 0 Å². The normalized spacial score (nSPS) is 11.8. The van der Waals surface area contributed by atoms with E-state index >= 15 is 0 Å². The predicted molar refractivity (Wildman–Crippen MR) is 173 cm³/mol. The fourth-order valence-electron chi connectivity index (χ4n) is 6.24. The number of rotatable bonds is 17. The van der Waals surface area contributed by atoms with Crippen molar-refractivity contribution in [3.63, 3.8) is 0 Å². The second-order valence-electron chi connectivity index (χ2n) is 11.6. The first-order valence-corrected chi connectivity index (χ1v) is 15.7. The first-order valence-electron chi connectivity index (χ1n) is 15.7. The Morgan fingerprint density at radius 3 is 1.22 bits per heavy atom. The molecule has 0 atom stereocenters. The van der Waals surface area contributed by atoms with Crippen LogP contribution in [0.2, 0.25) is 0 Å². The molecule has 0 aliphatic rings. The third-order valence-corrected chi connectivity index (χ3v) is 8.60. The van der Waals surface area contributed by atoms with Crippen LogP contribution in [0.3, 0.4) is 0 Å². The van der Waals surface area contributed by atoms with Gasteiger partial charge in [-0.25, -0.2) is 0 Å². The zero-order valence-corrected chi connectivity index (χ0v) is 24.6. The average Bonchev–Trinajstić information content (AvgIpc) is 3.23. The lowest BCUT2D eigenvalue weighted by Crippen LogP contribution is -2.25. The fraction of sp³-hybridized carbons (Fsp3) is 0.529. The molecular formula is C34H45N3O4. The molecule has 1 heterocycles. The van der Waals surface area contributed by atoms with Gasteiger partial charge in [-0.05, 0) is 6.42 Å². The van der Waals surface area contributed by atoms with E-state index in [-0.39, 0.29) is 50.2 Å². The lowest BCUT2D eigenvalue weighted by atomic mass is 9.97. The van der Waals surface area contributed by atoms with Gasteiger partial charge in [0.05, 0.1) is 32.9 Å². The molecule has 7 heteroatoms. The highest BCUT2D eigenvalue weighted by Crippen LogP contribution is 2.31. The van der Waals surface area contributed by atoms with Crippen LogP contribution < -0.4 is 33.4 Å². The van der Waals surface area contributed by atoms with E-state index in [1.165, 1.54) is 77.0 Å².